The highest BCUT2D eigenvalue weighted by Crippen LogP contribution is 2.33. The summed E-state index contributed by atoms with van der Waals surface area (Å²) in [6.07, 6.45) is 5.43. The van der Waals surface area contributed by atoms with Gasteiger partial charge in [0.15, 0.2) is 0 Å². The van der Waals surface area contributed by atoms with Crippen molar-refractivity contribution in [2.24, 2.45) is 11.8 Å². The fraction of sp³-hybridized carbons (Fsp3) is 0.667. The Morgan fingerprint density at radius 3 is 2.64 bits per heavy atom. The highest BCUT2D eigenvalue weighted by molar-refractivity contribution is 5.77. The summed E-state index contributed by atoms with van der Waals surface area (Å²) in [5.41, 5.74) is 1.40. The van der Waals surface area contributed by atoms with Gasteiger partial charge in [-0.05, 0) is 56.2 Å². The van der Waals surface area contributed by atoms with E-state index in [9.17, 15) is 4.79 Å². The summed E-state index contributed by atoms with van der Waals surface area (Å²) >= 11 is 0. The fourth-order valence-corrected chi connectivity index (χ4v) is 4.99. The molecule has 3 aliphatic heterocycles. The average Bonchev–Trinajstić information content (AvgIpc) is 2.66. The van der Waals surface area contributed by atoms with Gasteiger partial charge in [-0.25, -0.2) is 0 Å². The Kier molecular flexibility index (Phi) is 5.37. The molecule has 0 bridgehead atoms. The van der Waals surface area contributed by atoms with Crippen molar-refractivity contribution in [3.05, 3.63) is 35.9 Å². The average molecular weight is 341 g/mol. The van der Waals surface area contributed by atoms with E-state index in [0.29, 0.717) is 23.8 Å². The molecule has 25 heavy (non-hydrogen) atoms. The van der Waals surface area contributed by atoms with Crippen molar-refractivity contribution in [3.8, 4) is 0 Å². The van der Waals surface area contributed by atoms with Crippen LogP contribution in [-0.2, 0) is 11.3 Å². The van der Waals surface area contributed by atoms with Crippen LogP contribution in [0, 0.1) is 11.8 Å². The first-order valence-corrected chi connectivity index (χ1v) is 10.1. The first-order valence-electron chi connectivity index (χ1n) is 10.1. The fourth-order valence-electron chi connectivity index (χ4n) is 4.99. The molecule has 4 nitrogen and oxygen atoms in total. The van der Waals surface area contributed by atoms with Crippen LogP contribution in [0.25, 0.3) is 0 Å². The molecule has 136 valence electrons. The Morgan fingerprint density at radius 2 is 1.84 bits per heavy atom. The maximum atomic E-state index is 12.6. The summed E-state index contributed by atoms with van der Waals surface area (Å²) in [4.78, 5) is 17.5. The van der Waals surface area contributed by atoms with E-state index < -0.39 is 0 Å². The van der Waals surface area contributed by atoms with E-state index in [1.165, 1.54) is 18.4 Å². The van der Waals surface area contributed by atoms with Crippen molar-refractivity contribution in [2.45, 2.75) is 44.7 Å². The number of hydrogen-bond acceptors (Lipinski definition) is 3. The van der Waals surface area contributed by atoms with Crippen molar-refractivity contribution >= 4 is 5.91 Å². The number of benzene rings is 1. The molecule has 0 unspecified atom stereocenters. The van der Waals surface area contributed by atoms with Crippen molar-refractivity contribution < 1.29 is 4.79 Å². The smallest absolute Gasteiger partial charge is 0.222 e. The summed E-state index contributed by atoms with van der Waals surface area (Å²) in [6.45, 7) is 6.55. The molecule has 2 atom stereocenters. The van der Waals surface area contributed by atoms with Crippen LogP contribution in [0.4, 0.5) is 0 Å². The van der Waals surface area contributed by atoms with Gasteiger partial charge in [0.2, 0.25) is 5.91 Å². The molecule has 3 fully saturated rings. The van der Waals surface area contributed by atoms with E-state index in [2.05, 4.69) is 45.4 Å². The monoisotopic (exact) mass is 341 g/mol. The van der Waals surface area contributed by atoms with E-state index in [0.717, 1.165) is 58.5 Å². The molecular formula is C21H31N3O. The molecule has 1 amide bonds. The zero-order valence-electron chi connectivity index (χ0n) is 15.2. The van der Waals surface area contributed by atoms with Crippen molar-refractivity contribution in [3.63, 3.8) is 0 Å². The zero-order valence-corrected chi connectivity index (χ0v) is 15.2. The minimum Gasteiger partial charge on any atom is -0.339 e. The third kappa shape index (κ3) is 4.06. The van der Waals surface area contributed by atoms with Gasteiger partial charge in [0.25, 0.3) is 0 Å². The second kappa shape index (κ2) is 7.88. The van der Waals surface area contributed by atoms with Crippen LogP contribution >= 0.6 is 0 Å². The Labute approximate surface area is 151 Å². The lowest BCUT2D eigenvalue weighted by Crippen LogP contribution is -2.57. The summed E-state index contributed by atoms with van der Waals surface area (Å²) in [5.74, 6) is 1.78. The van der Waals surface area contributed by atoms with Gasteiger partial charge >= 0.3 is 0 Å². The topological polar surface area (TPSA) is 35.6 Å². The molecule has 4 heteroatoms. The minimum absolute atomic E-state index is 0.413. The molecule has 0 spiro atoms. The number of nitrogens with zero attached hydrogens (tertiary/aromatic N) is 2. The summed E-state index contributed by atoms with van der Waals surface area (Å²) in [6, 6.07) is 11.3. The second-order valence-electron chi connectivity index (χ2n) is 8.11. The lowest BCUT2D eigenvalue weighted by molar-refractivity contribution is -0.142. The van der Waals surface area contributed by atoms with Crippen LogP contribution in [0.15, 0.2) is 30.3 Å². The molecule has 0 saturated carbocycles. The molecule has 1 aromatic carbocycles. The molecule has 0 aromatic heterocycles. The molecule has 3 saturated heterocycles. The van der Waals surface area contributed by atoms with Gasteiger partial charge < -0.3 is 10.2 Å². The quantitative estimate of drug-likeness (QED) is 0.914. The van der Waals surface area contributed by atoms with Crippen LogP contribution in [0.3, 0.4) is 0 Å². The molecule has 1 aromatic rings. The second-order valence-corrected chi connectivity index (χ2v) is 8.11. The van der Waals surface area contributed by atoms with Crippen LogP contribution in [0.5, 0.6) is 0 Å². The number of nitrogens with one attached hydrogen (secondary N) is 1. The number of carbonyl (C=O) groups is 1. The highest BCUT2D eigenvalue weighted by Gasteiger charge is 2.39. The third-order valence-corrected chi connectivity index (χ3v) is 6.39. The third-order valence-electron chi connectivity index (χ3n) is 6.39. The number of carbonyl (C=O) groups excluding carboxylic acids is 1. The maximum Gasteiger partial charge on any atom is 0.222 e. The Bertz CT molecular complexity index is 570. The van der Waals surface area contributed by atoms with Crippen LogP contribution < -0.4 is 5.32 Å². The highest BCUT2D eigenvalue weighted by atomic mass is 16.2. The van der Waals surface area contributed by atoms with Crippen LogP contribution in [-0.4, -0.2) is 54.5 Å². The standard InChI is InChI=1S/C21H31N3O/c25-21-7-6-19-16-23(14-17-4-2-1-3-5-17)13-10-20(19)24(21)15-18-8-11-22-12-9-18/h1-5,18-20,22H,6-16H2/t19-,20+/m1/s1. The molecule has 4 rings (SSSR count). The Morgan fingerprint density at radius 1 is 1.04 bits per heavy atom. The van der Waals surface area contributed by atoms with E-state index in [1.54, 1.807) is 0 Å². The van der Waals surface area contributed by atoms with Crippen molar-refractivity contribution in [1.82, 2.24) is 15.1 Å². The van der Waals surface area contributed by atoms with Gasteiger partial charge in [0.05, 0.1) is 0 Å². The lowest BCUT2D eigenvalue weighted by Gasteiger charge is -2.48. The molecule has 0 radical (unpaired) electrons. The number of amides is 1. The van der Waals surface area contributed by atoms with Crippen LogP contribution in [0.1, 0.15) is 37.7 Å². The summed E-state index contributed by atoms with van der Waals surface area (Å²) in [5, 5.41) is 3.44. The Balaban J connectivity index is 1.37. The van der Waals surface area contributed by atoms with E-state index in [1.807, 2.05) is 0 Å². The zero-order chi connectivity index (χ0) is 17.1. The number of likely N-dealkylation sites (tertiary alicyclic amines) is 2. The largest absolute Gasteiger partial charge is 0.339 e. The Hall–Kier alpha value is -1.39. The van der Waals surface area contributed by atoms with Crippen molar-refractivity contribution in [2.75, 3.05) is 32.7 Å². The van der Waals surface area contributed by atoms with E-state index in [-0.39, 0.29) is 0 Å². The van der Waals surface area contributed by atoms with Gasteiger partial charge in [-0.1, -0.05) is 30.3 Å². The molecule has 3 heterocycles. The normalized spacial score (nSPS) is 28.8. The van der Waals surface area contributed by atoms with Gasteiger partial charge in [-0.3, -0.25) is 9.69 Å². The van der Waals surface area contributed by atoms with Crippen LogP contribution in [0.2, 0.25) is 0 Å². The number of rotatable bonds is 4. The molecule has 3 aliphatic rings. The first kappa shape index (κ1) is 17.0. The summed E-state index contributed by atoms with van der Waals surface area (Å²) < 4.78 is 0. The molecule has 0 aliphatic carbocycles. The van der Waals surface area contributed by atoms with Gasteiger partial charge in [0, 0.05) is 38.6 Å². The van der Waals surface area contributed by atoms with E-state index >= 15 is 0 Å². The first-order chi connectivity index (χ1) is 12.3. The number of hydrogen-bond donors (Lipinski definition) is 1. The maximum absolute atomic E-state index is 12.6. The van der Waals surface area contributed by atoms with E-state index in [4.69, 9.17) is 0 Å². The van der Waals surface area contributed by atoms with Gasteiger partial charge in [-0.2, -0.15) is 0 Å². The minimum atomic E-state index is 0.413. The SMILES string of the molecule is O=C1CC[C@@H]2CN(Cc3ccccc3)CC[C@@H]2N1CC1CCNCC1. The lowest BCUT2D eigenvalue weighted by atomic mass is 9.82. The molecular weight excluding hydrogens is 310 g/mol. The van der Waals surface area contributed by atoms with Crippen molar-refractivity contribution in [1.29, 1.82) is 0 Å². The number of piperidine rings is 3. The summed E-state index contributed by atoms with van der Waals surface area (Å²) in [7, 11) is 0. The number of fused-ring (bicyclic) bond motifs is 1. The predicted molar refractivity (Wildman–Crippen MR) is 100 cm³/mol. The van der Waals surface area contributed by atoms with Gasteiger partial charge in [-0.15, -0.1) is 0 Å². The predicted octanol–water partition coefficient (Wildman–Crippen LogP) is 2.50. The molecule has 1 N–H and O–H groups in total. The van der Waals surface area contributed by atoms with Gasteiger partial charge in [0.1, 0.15) is 0 Å².